The number of aryl methyl sites for hydroxylation is 1. The second-order valence-corrected chi connectivity index (χ2v) is 22.1. The number of amides is 4. The largest absolute Gasteiger partial charge is 0.508 e. The van der Waals surface area contributed by atoms with Gasteiger partial charge < -0.3 is 35.4 Å². The van der Waals surface area contributed by atoms with Crippen LogP contribution in [0.3, 0.4) is 0 Å². The van der Waals surface area contributed by atoms with Crippen LogP contribution < -0.4 is 15.4 Å². The summed E-state index contributed by atoms with van der Waals surface area (Å²) in [6.45, 7) is 12.3. The number of phenolic OH excluding ortho intramolecular Hbond substituents is 1. The Labute approximate surface area is 452 Å². The molecule has 5 aromatic rings. The van der Waals surface area contributed by atoms with Crippen LogP contribution in [0.25, 0.3) is 21.6 Å². The number of carbonyl (C=O) groups is 4. The SMILES string of the molecule is Cc1ncsc1-c1ccc(CNC(=O)[C@@H]2C[C@@H](O)CN2C(=O)[C@@H](NC(=O)CCCCCCCCC(=O)N2CCN(CCOc3ccc(C(=C(CCCl)c4ccccc4)c4ccc(O)cc4)cc3)CC2)C(C)(C)C)cc1. The number of allylic oxidation sites excluding steroid dienone is 1. The van der Waals surface area contributed by atoms with E-state index in [1.54, 1.807) is 23.5 Å². The Balaban J connectivity index is 0.761. The van der Waals surface area contributed by atoms with E-state index in [2.05, 4.69) is 44.8 Å². The number of rotatable bonds is 24. The molecule has 4 amide bonds. The first-order chi connectivity index (χ1) is 36.2. The third kappa shape index (κ3) is 16.2. The summed E-state index contributed by atoms with van der Waals surface area (Å²) in [6.07, 6.45) is 6.05. The Morgan fingerprint density at radius 1 is 0.800 bits per heavy atom. The van der Waals surface area contributed by atoms with Gasteiger partial charge in [-0.1, -0.05) is 125 Å². The molecule has 2 saturated heterocycles. The van der Waals surface area contributed by atoms with Gasteiger partial charge in [-0.05, 0) is 94.8 Å². The van der Waals surface area contributed by atoms with Crippen molar-refractivity contribution in [3.8, 4) is 21.9 Å². The highest BCUT2D eigenvalue weighted by molar-refractivity contribution is 7.13. The second-order valence-electron chi connectivity index (χ2n) is 20.9. The molecule has 3 heterocycles. The van der Waals surface area contributed by atoms with Gasteiger partial charge >= 0.3 is 0 Å². The van der Waals surface area contributed by atoms with Gasteiger partial charge in [0.05, 0.1) is 22.2 Å². The summed E-state index contributed by atoms with van der Waals surface area (Å²) < 4.78 is 6.19. The molecule has 13 nitrogen and oxygen atoms in total. The van der Waals surface area contributed by atoms with Crippen LogP contribution in [0.1, 0.15) is 113 Å². The number of thiazole rings is 1. The van der Waals surface area contributed by atoms with Crippen molar-refractivity contribution in [1.82, 2.24) is 30.3 Å². The molecule has 400 valence electrons. The zero-order valence-corrected chi connectivity index (χ0v) is 45.6. The van der Waals surface area contributed by atoms with Gasteiger partial charge in [0.25, 0.3) is 0 Å². The van der Waals surface area contributed by atoms with E-state index in [1.807, 2.05) is 105 Å². The van der Waals surface area contributed by atoms with Crippen molar-refractivity contribution in [3.05, 3.63) is 137 Å². The maximum absolute atomic E-state index is 14.1. The van der Waals surface area contributed by atoms with Crippen LogP contribution in [0, 0.1) is 12.3 Å². The van der Waals surface area contributed by atoms with Crippen LogP contribution in [0.4, 0.5) is 0 Å². The first-order valence-electron chi connectivity index (χ1n) is 26.6. The van der Waals surface area contributed by atoms with Crippen LogP contribution >= 0.6 is 22.9 Å². The average Bonchev–Trinajstić information content (AvgIpc) is 4.03. The molecule has 7 rings (SSSR count). The van der Waals surface area contributed by atoms with Gasteiger partial charge in [-0.3, -0.25) is 24.1 Å². The van der Waals surface area contributed by atoms with Gasteiger partial charge in [0.1, 0.15) is 30.2 Å². The Hall–Kier alpha value is -6.06. The third-order valence-electron chi connectivity index (χ3n) is 14.2. The molecular formula is C60H75ClN6O7S. The van der Waals surface area contributed by atoms with E-state index in [1.165, 1.54) is 4.90 Å². The Kier molecular flexibility index (Phi) is 20.9. The van der Waals surface area contributed by atoms with Gasteiger partial charge in [0.2, 0.25) is 23.6 Å². The quantitative estimate of drug-likeness (QED) is 0.0268. The number of alkyl halides is 1. The molecule has 1 aromatic heterocycles. The molecule has 0 radical (unpaired) electrons. The van der Waals surface area contributed by atoms with Crippen LogP contribution in [0.2, 0.25) is 0 Å². The number of hydrogen-bond acceptors (Lipinski definition) is 10. The van der Waals surface area contributed by atoms with Gasteiger partial charge in [-0.2, -0.15) is 0 Å². The predicted octanol–water partition coefficient (Wildman–Crippen LogP) is 9.87. The summed E-state index contributed by atoms with van der Waals surface area (Å²) in [5.41, 5.74) is 9.48. The zero-order chi connectivity index (χ0) is 53.3. The number of unbranched alkanes of at least 4 members (excludes halogenated alkanes) is 5. The van der Waals surface area contributed by atoms with Crippen molar-refractivity contribution >= 4 is 57.7 Å². The number of benzene rings is 4. The number of aromatic nitrogens is 1. The summed E-state index contributed by atoms with van der Waals surface area (Å²) in [7, 11) is 0. The molecule has 4 N–H and O–H groups in total. The highest BCUT2D eigenvalue weighted by atomic mass is 35.5. The number of likely N-dealkylation sites (tertiary alicyclic amines) is 1. The predicted molar refractivity (Wildman–Crippen MR) is 299 cm³/mol. The third-order valence-corrected chi connectivity index (χ3v) is 15.4. The maximum Gasteiger partial charge on any atom is 0.246 e. The molecular weight excluding hydrogens is 984 g/mol. The molecule has 0 bridgehead atoms. The van der Waals surface area contributed by atoms with E-state index in [4.69, 9.17) is 16.3 Å². The minimum atomic E-state index is -0.865. The number of hydrogen-bond donors (Lipinski definition) is 4. The maximum atomic E-state index is 14.1. The number of piperazine rings is 1. The number of ether oxygens (including phenoxy) is 1. The number of carbonyl (C=O) groups excluding carboxylic acids is 4. The van der Waals surface area contributed by atoms with Crippen molar-refractivity contribution in [2.24, 2.45) is 5.41 Å². The molecule has 15 heteroatoms. The first-order valence-corrected chi connectivity index (χ1v) is 28.0. The minimum Gasteiger partial charge on any atom is -0.508 e. The van der Waals surface area contributed by atoms with Crippen LogP contribution in [0.15, 0.2) is 109 Å². The molecule has 3 atom stereocenters. The molecule has 2 fully saturated rings. The number of aliphatic hydroxyl groups excluding tert-OH is 1. The van der Waals surface area contributed by atoms with Gasteiger partial charge in [-0.15, -0.1) is 22.9 Å². The molecule has 0 aliphatic carbocycles. The lowest BCUT2D eigenvalue weighted by molar-refractivity contribution is -0.144. The molecule has 2 aliphatic rings. The number of aromatic hydroxyl groups is 1. The number of nitrogens with zero attached hydrogens (tertiary/aromatic N) is 4. The molecule has 0 saturated carbocycles. The highest BCUT2D eigenvalue weighted by Gasteiger charge is 2.44. The fraction of sp³-hybridized carbons (Fsp3) is 0.450. The minimum absolute atomic E-state index is 0.0250. The van der Waals surface area contributed by atoms with Crippen LogP contribution in [-0.4, -0.2) is 123 Å². The smallest absolute Gasteiger partial charge is 0.246 e. The lowest BCUT2D eigenvalue weighted by atomic mass is 9.85. The molecule has 4 aromatic carbocycles. The highest BCUT2D eigenvalue weighted by Crippen LogP contribution is 2.36. The fourth-order valence-corrected chi connectivity index (χ4v) is 11.0. The summed E-state index contributed by atoms with van der Waals surface area (Å²) in [5.74, 6) is 0.764. The molecule has 0 unspecified atom stereocenters. The van der Waals surface area contributed by atoms with E-state index in [-0.39, 0.29) is 55.3 Å². The van der Waals surface area contributed by atoms with Gasteiger partial charge in [-0.25, -0.2) is 4.98 Å². The van der Waals surface area contributed by atoms with E-state index in [0.717, 1.165) is 107 Å². The number of phenols is 1. The number of halogens is 1. The molecule has 0 spiro atoms. The fourth-order valence-electron chi connectivity index (χ4n) is 9.96. The van der Waals surface area contributed by atoms with Crippen LogP contribution in [0.5, 0.6) is 11.5 Å². The topological polar surface area (TPSA) is 165 Å². The monoisotopic (exact) mass is 1060 g/mol. The van der Waals surface area contributed by atoms with Crippen molar-refractivity contribution in [1.29, 1.82) is 0 Å². The first kappa shape index (κ1) is 56.7. The lowest BCUT2D eigenvalue weighted by Gasteiger charge is -2.35. The van der Waals surface area contributed by atoms with E-state index in [9.17, 15) is 29.4 Å². The molecule has 75 heavy (non-hydrogen) atoms. The number of nitrogens with one attached hydrogen (secondary N) is 2. The average molecular weight is 1060 g/mol. The van der Waals surface area contributed by atoms with E-state index in [0.29, 0.717) is 44.8 Å². The molecule has 2 aliphatic heterocycles. The summed E-state index contributed by atoms with van der Waals surface area (Å²) >= 11 is 7.91. The van der Waals surface area contributed by atoms with Gasteiger partial charge in [0.15, 0.2) is 0 Å². The van der Waals surface area contributed by atoms with Gasteiger partial charge in [0, 0.05) is 71.0 Å². The summed E-state index contributed by atoms with van der Waals surface area (Å²) in [5, 5.41) is 26.5. The standard InChI is InChI=1S/C60H75ClN6O7S/c1-42-56(75-41-63-42)47-20-18-43(19-21-47)39-62-58(72)52-38-49(69)40-67(52)59(73)57(60(2,3)4)64-53(70)16-12-7-5-6-8-13-17-54(71)66-34-32-65(33-35-66)36-37-74-50-28-24-46(25-29-50)55(45-22-26-48(68)27-23-45)51(30-31-61)44-14-10-9-11-15-44/h9-11,14-15,18-29,41,49,52,57,68-69H,5-8,12-13,16-17,30-40H2,1-4H3,(H,62,72)(H,64,70)/t49-,52+,57-/m1/s1. The van der Waals surface area contributed by atoms with Crippen molar-refractivity contribution < 1.29 is 34.1 Å². The van der Waals surface area contributed by atoms with Crippen molar-refractivity contribution in [2.75, 3.05) is 51.8 Å². The second kappa shape index (κ2) is 27.6. The zero-order valence-electron chi connectivity index (χ0n) is 44.1. The Morgan fingerprint density at radius 2 is 1.44 bits per heavy atom. The Morgan fingerprint density at radius 3 is 2.07 bits per heavy atom. The van der Waals surface area contributed by atoms with E-state index >= 15 is 0 Å². The summed E-state index contributed by atoms with van der Waals surface area (Å²) in [6, 6.07) is 31.9. The number of β-amino-alcohol motifs (C(OH)–C–C–N with tert-alkyl or cyclic N) is 1. The van der Waals surface area contributed by atoms with Crippen molar-refractivity contribution in [3.63, 3.8) is 0 Å². The van der Waals surface area contributed by atoms with Crippen molar-refractivity contribution in [2.45, 2.75) is 117 Å². The summed E-state index contributed by atoms with van der Waals surface area (Å²) in [4.78, 5) is 65.0. The van der Waals surface area contributed by atoms with Crippen LogP contribution in [-0.2, 0) is 25.7 Å². The normalized spacial score (nSPS) is 16.8. The lowest BCUT2D eigenvalue weighted by Crippen LogP contribution is -2.57. The Bertz CT molecular complexity index is 2660. The number of aliphatic hydroxyl groups is 1. The van der Waals surface area contributed by atoms with E-state index < -0.39 is 23.6 Å².